The highest BCUT2D eigenvalue weighted by atomic mass is 16.5. The Morgan fingerprint density at radius 2 is 1.57 bits per heavy atom. The number of rotatable bonds is 10. The van der Waals surface area contributed by atoms with Gasteiger partial charge < -0.3 is 14.6 Å². The molecule has 0 saturated carbocycles. The van der Waals surface area contributed by atoms with Crippen LogP contribution in [-0.4, -0.2) is 29.9 Å². The van der Waals surface area contributed by atoms with Crippen molar-refractivity contribution in [3.8, 4) is 11.1 Å². The van der Waals surface area contributed by atoms with Crippen molar-refractivity contribution in [2.24, 2.45) is 5.92 Å². The number of carboxylic acids is 1. The second kappa shape index (κ2) is 9.31. The molecule has 1 aliphatic carbocycles. The van der Waals surface area contributed by atoms with E-state index in [1.165, 1.54) is 0 Å². The van der Waals surface area contributed by atoms with Gasteiger partial charge in [0.25, 0.3) is 0 Å². The van der Waals surface area contributed by atoms with Crippen LogP contribution in [0.2, 0.25) is 0 Å². The van der Waals surface area contributed by atoms with Crippen molar-refractivity contribution in [2.45, 2.75) is 38.0 Å². The molecule has 5 heteroatoms. The van der Waals surface area contributed by atoms with Gasteiger partial charge in [0.05, 0.1) is 0 Å². The predicted octanol–water partition coefficient (Wildman–Crippen LogP) is 4.19. The van der Waals surface area contributed by atoms with Gasteiger partial charge in [0.1, 0.15) is 12.9 Å². The average molecular weight is 380 g/mol. The molecule has 0 fully saturated rings. The lowest BCUT2D eigenvalue weighted by molar-refractivity contribution is -0.159. The summed E-state index contributed by atoms with van der Waals surface area (Å²) in [5.41, 5.74) is 4.45. The van der Waals surface area contributed by atoms with Crippen LogP contribution in [-0.2, 0) is 19.1 Å². The first-order valence-corrected chi connectivity index (χ1v) is 9.64. The van der Waals surface area contributed by atoms with Crippen LogP contribution < -0.4 is 0 Å². The molecule has 0 bridgehead atoms. The molecule has 0 aliphatic heterocycles. The highest BCUT2D eigenvalue weighted by molar-refractivity contribution is 5.94. The number of carboxylic acid groups (broad SMARTS) is 1. The lowest BCUT2D eigenvalue weighted by Gasteiger charge is -2.17. The van der Waals surface area contributed by atoms with Crippen molar-refractivity contribution in [3.05, 3.63) is 59.7 Å². The van der Waals surface area contributed by atoms with Crippen molar-refractivity contribution in [1.82, 2.24) is 0 Å². The third-order valence-corrected chi connectivity index (χ3v) is 5.25. The summed E-state index contributed by atoms with van der Waals surface area (Å²) in [5.74, 6) is -3.10. The van der Waals surface area contributed by atoms with E-state index in [1.807, 2.05) is 36.4 Å². The molecule has 28 heavy (non-hydrogen) atoms. The van der Waals surface area contributed by atoms with Gasteiger partial charge in [0, 0.05) is 12.3 Å². The van der Waals surface area contributed by atoms with Crippen LogP contribution in [0.15, 0.2) is 48.5 Å². The van der Waals surface area contributed by atoms with Gasteiger partial charge in [-0.2, -0.15) is 0 Å². The number of carbonyl (C=O) groups is 3. The van der Waals surface area contributed by atoms with Gasteiger partial charge >= 0.3 is 11.9 Å². The molecule has 5 nitrogen and oxygen atoms in total. The zero-order chi connectivity index (χ0) is 19.9. The van der Waals surface area contributed by atoms with Crippen LogP contribution >= 0.6 is 0 Å². The van der Waals surface area contributed by atoms with E-state index >= 15 is 0 Å². The molecule has 0 amide bonds. The number of carbonyl (C=O) groups excluding carboxylic acids is 2. The smallest absolute Gasteiger partial charge is 0.320 e. The maximum absolute atomic E-state index is 12.4. The SMILES string of the molecule is O=CCCCCC[C@@H](C(=O)O)C(=O)OCC1c2ccccc2-c2ccccc21. The number of unbranched alkanes of at least 4 members (excludes halogenated alkanes) is 3. The van der Waals surface area contributed by atoms with Crippen molar-refractivity contribution in [2.75, 3.05) is 6.61 Å². The van der Waals surface area contributed by atoms with Crippen molar-refractivity contribution in [3.63, 3.8) is 0 Å². The van der Waals surface area contributed by atoms with Crippen molar-refractivity contribution in [1.29, 1.82) is 0 Å². The molecular weight excluding hydrogens is 356 g/mol. The van der Waals surface area contributed by atoms with Gasteiger partial charge in [-0.3, -0.25) is 9.59 Å². The minimum atomic E-state index is -1.16. The zero-order valence-electron chi connectivity index (χ0n) is 15.7. The summed E-state index contributed by atoms with van der Waals surface area (Å²) in [6, 6.07) is 16.0. The van der Waals surface area contributed by atoms with E-state index in [0.717, 1.165) is 35.0 Å². The Hall–Kier alpha value is -2.95. The van der Waals surface area contributed by atoms with Crippen LogP contribution in [0.3, 0.4) is 0 Å². The van der Waals surface area contributed by atoms with Gasteiger partial charge in [0.15, 0.2) is 5.92 Å². The van der Waals surface area contributed by atoms with E-state index in [0.29, 0.717) is 19.3 Å². The molecule has 1 aliphatic rings. The molecule has 0 aromatic heterocycles. The summed E-state index contributed by atoms with van der Waals surface area (Å²) in [4.78, 5) is 34.3. The van der Waals surface area contributed by atoms with Crippen LogP contribution in [0.1, 0.15) is 49.1 Å². The van der Waals surface area contributed by atoms with Crippen LogP contribution in [0, 0.1) is 5.92 Å². The quantitative estimate of drug-likeness (QED) is 0.289. The molecule has 0 saturated heterocycles. The first-order chi connectivity index (χ1) is 13.6. The number of aldehydes is 1. The number of ether oxygens (including phenoxy) is 1. The summed E-state index contributed by atoms with van der Waals surface area (Å²) in [7, 11) is 0. The number of hydrogen-bond donors (Lipinski definition) is 1. The summed E-state index contributed by atoms with van der Waals surface area (Å²) >= 11 is 0. The van der Waals surface area contributed by atoms with Gasteiger partial charge in [0.2, 0.25) is 0 Å². The molecule has 1 N–H and O–H groups in total. The largest absolute Gasteiger partial charge is 0.481 e. The number of hydrogen-bond acceptors (Lipinski definition) is 4. The molecule has 3 rings (SSSR count). The maximum Gasteiger partial charge on any atom is 0.320 e. The fourth-order valence-corrected chi connectivity index (χ4v) is 3.80. The van der Waals surface area contributed by atoms with E-state index in [2.05, 4.69) is 12.1 Å². The Morgan fingerprint density at radius 1 is 0.964 bits per heavy atom. The predicted molar refractivity (Wildman–Crippen MR) is 105 cm³/mol. The molecule has 2 aromatic carbocycles. The minimum absolute atomic E-state index is 0.0848. The van der Waals surface area contributed by atoms with Gasteiger partial charge in [-0.05, 0) is 35.1 Å². The molecule has 0 heterocycles. The second-order valence-corrected chi connectivity index (χ2v) is 7.05. The lowest BCUT2D eigenvalue weighted by Crippen LogP contribution is -2.27. The average Bonchev–Trinajstić information content (AvgIpc) is 3.02. The highest BCUT2D eigenvalue weighted by Crippen LogP contribution is 2.44. The van der Waals surface area contributed by atoms with E-state index in [9.17, 15) is 19.5 Å². The fraction of sp³-hybridized carbons (Fsp3) is 0.348. The number of benzene rings is 2. The monoisotopic (exact) mass is 380 g/mol. The summed E-state index contributed by atoms with van der Waals surface area (Å²) in [5, 5.41) is 9.40. The van der Waals surface area contributed by atoms with Crippen molar-refractivity contribution < 1.29 is 24.2 Å². The topological polar surface area (TPSA) is 80.7 Å². The Labute approximate surface area is 164 Å². The number of aliphatic carboxylic acids is 1. The van der Waals surface area contributed by atoms with Crippen LogP contribution in [0.5, 0.6) is 0 Å². The first-order valence-electron chi connectivity index (χ1n) is 9.64. The van der Waals surface area contributed by atoms with E-state index in [1.54, 1.807) is 0 Å². The van der Waals surface area contributed by atoms with Crippen LogP contribution in [0.4, 0.5) is 0 Å². The number of esters is 1. The second-order valence-electron chi connectivity index (χ2n) is 7.05. The zero-order valence-corrected chi connectivity index (χ0v) is 15.7. The molecule has 0 spiro atoms. The molecular formula is C23H24O5. The molecule has 0 radical (unpaired) electrons. The van der Waals surface area contributed by atoms with Gasteiger partial charge in [-0.1, -0.05) is 61.4 Å². The molecule has 0 unspecified atom stereocenters. The highest BCUT2D eigenvalue weighted by Gasteiger charge is 2.32. The Bertz CT molecular complexity index is 812. The third kappa shape index (κ3) is 4.30. The Kier molecular flexibility index (Phi) is 6.58. The summed E-state index contributed by atoms with van der Waals surface area (Å²) in [6.07, 6.45) is 3.54. The Balaban J connectivity index is 1.64. The third-order valence-electron chi connectivity index (χ3n) is 5.25. The van der Waals surface area contributed by atoms with E-state index in [4.69, 9.17) is 4.74 Å². The standard InChI is InChI=1S/C23H24O5/c24-14-8-2-1-3-13-20(22(25)26)23(27)28-15-21-18-11-6-4-9-16(18)17-10-5-7-12-19(17)21/h4-7,9-12,14,20-21H,1-3,8,13,15H2,(H,25,26)/t20-/m0/s1. The Morgan fingerprint density at radius 3 is 2.14 bits per heavy atom. The van der Waals surface area contributed by atoms with Gasteiger partial charge in [-0.25, -0.2) is 0 Å². The van der Waals surface area contributed by atoms with Crippen molar-refractivity contribution >= 4 is 18.2 Å². The summed E-state index contributed by atoms with van der Waals surface area (Å²) in [6.45, 7) is 0.127. The first kappa shape index (κ1) is 19.8. The summed E-state index contributed by atoms with van der Waals surface area (Å²) < 4.78 is 5.47. The van der Waals surface area contributed by atoms with Gasteiger partial charge in [-0.15, -0.1) is 0 Å². The fourth-order valence-electron chi connectivity index (χ4n) is 3.80. The van der Waals surface area contributed by atoms with E-state index < -0.39 is 17.9 Å². The minimum Gasteiger partial charge on any atom is -0.481 e. The molecule has 1 atom stereocenters. The molecule has 146 valence electrons. The van der Waals surface area contributed by atoms with Crippen LogP contribution in [0.25, 0.3) is 11.1 Å². The molecule has 2 aromatic rings. The van der Waals surface area contributed by atoms with E-state index in [-0.39, 0.29) is 18.9 Å². The number of fused-ring (bicyclic) bond motifs is 3. The maximum atomic E-state index is 12.4. The lowest BCUT2D eigenvalue weighted by atomic mass is 9.97. The normalized spacial score (nSPS) is 13.4.